The smallest absolute Gasteiger partial charge is 0.233 e. The molecule has 0 bridgehead atoms. The van der Waals surface area contributed by atoms with Crippen molar-refractivity contribution in [3.63, 3.8) is 0 Å². The molecule has 56 valence electrons. The van der Waals surface area contributed by atoms with Gasteiger partial charge in [-0.15, -0.1) is 0 Å². The average Bonchev–Trinajstić information content (AvgIpc) is 2.04. The fourth-order valence-electron chi connectivity index (χ4n) is 0.541. The van der Waals surface area contributed by atoms with E-state index in [2.05, 4.69) is 9.97 Å². The van der Waals surface area contributed by atoms with Crippen LogP contribution in [-0.2, 0) is 0 Å². The number of hydrogen-bond acceptors (Lipinski definition) is 4. The van der Waals surface area contributed by atoms with Crippen LogP contribution in [0, 0.1) is 11.3 Å². The van der Waals surface area contributed by atoms with Crippen LogP contribution in [0.3, 0.4) is 0 Å². The molecular formula is C6H4ClN3O. The molecule has 0 spiro atoms. The Kier molecular flexibility index (Phi) is 2.24. The van der Waals surface area contributed by atoms with Gasteiger partial charge in [-0.3, -0.25) is 0 Å². The Morgan fingerprint density at radius 1 is 1.73 bits per heavy atom. The zero-order valence-electron chi connectivity index (χ0n) is 5.71. The van der Waals surface area contributed by atoms with Gasteiger partial charge in [0.25, 0.3) is 0 Å². The molecule has 0 aromatic carbocycles. The summed E-state index contributed by atoms with van der Waals surface area (Å²) in [4.78, 5) is 7.28. The molecule has 0 amide bonds. The van der Waals surface area contributed by atoms with Crippen molar-refractivity contribution in [3.8, 4) is 11.8 Å². The Bertz CT molecular complexity index is 307. The third kappa shape index (κ3) is 1.57. The van der Waals surface area contributed by atoms with Crippen molar-refractivity contribution in [3.05, 3.63) is 17.2 Å². The maximum absolute atomic E-state index is 8.35. The van der Waals surface area contributed by atoms with Crippen LogP contribution in [0.4, 0.5) is 0 Å². The highest BCUT2D eigenvalue weighted by molar-refractivity contribution is 6.30. The van der Waals surface area contributed by atoms with Crippen LogP contribution in [0.5, 0.6) is 5.75 Å². The highest BCUT2D eigenvalue weighted by atomic mass is 35.5. The van der Waals surface area contributed by atoms with E-state index < -0.39 is 0 Å². The van der Waals surface area contributed by atoms with Crippen LogP contribution < -0.4 is 4.74 Å². The van der Waals surface area contributed by atoms with Gasteiger partial charge in [0.15, 0.2) is 10.9 Å². The Balaban J connectivity index is 3.12. The minimum atomic E-state index is 0.0378. The molecule has 0 unspecified atom stereocenters. The van der Waals surface area contributed by atoms with Crippen LogP contribution in [-0.4, -0.2) is 17.1 Å². The number of hydrogen-bond donors (Lipinski definition) is 0. The highest BCUT2D eigenvalue weighted by Crippen LogP contribution is 2.18. The number of methoxy groups -OCH3 is 1. The second-order valence-electron chi connectivity index (χ2n) is 1.66. The average molecular weight is 170 g/mol. The zero-order chi connectivity index (χ0) is 8.27. The van der Waals surface area contributed by atoms with E-state index in [9.17, 15) is 0 Å². The minimum absolute atomic E-state index is 0.0378. The van der Waals surface area contributed by atoms with Crippen molar-refractivity contribution in [2.45, 2.75) is 0 Å². The number of rotatable bonds is 1. The lowest BCUT2D eigenvalue weighted by Gasteiger charge is -1.98. The van der Waals surface area contributed by atoms with E-state index in [1.54, 1.807) is 6.07 Å². The quantitative estimate of drug-likeness (QED) is 0.589. The SMILES string of the molecule is COc1cnc(C#N)nc1Cl. The number of aromatic nitrogens is 2. The molecule has 1 aromatic heterocycles. The molecular weight excluding hydrogens is 166 g/mol. The van der Waals surface area contributed by atoms with Crippen molar-refractivity contribution < 1.29 is 4.74 Å². The molecule has 0 N–H and O–H groups in total. The molecule has 0 fully saturated rings. The van der Waals surface area contributed by atoms with Gasteiger partial charge >= 0.3 is 0 Å². The summed E-state index contributed by atoms with van der Waals surface area (Å²) in [5, 5.41) is 8.50. The molecule has 0 aliphatic heterocycles. The van der Waals surface area contributed by atoms with E-state index in [1.165, 1.54) is 13.3 Å². The lowest BCUT2D eigenvalue weighted by atomic mass is 10.5. The van der Waals surface area contributed by atoms with E-state index >= 15 is 0 Å². The van der Waals surface area contributed by atoms with Gasteiger partial charge in [-0.05, 0) is 0 Å². The van der Waals surface area contributed by atoms with Crippen LogP contribution in [0.2, 0.25) is 5.15 Å². The predicted molar refractivity (Wildman–Crippen MR) is 38.3 cm³/mol. The molecule has 0 saturated carbocycles. The lowest BCUT2D eigenvalue weighted by molar-refractivity contribution is 0.411. The van der Waals surface area contributed by atoms with Gasteiger partial charge in [0.1, 0.15) is 6.07 Å². The molecule has 4 nitrogen and oxygen atoms in total. The Morgan fingerprint density at radius 2 is 2.45 bits per heavy atom. The summed E-state index contributed by atoms with van der Waals surface area (Å²) in [7, 11) is 1.45. The fourth-order valence-corrected chi connectivity index (χ4v) is 0.747. The maximum atomic E-state index is 8.35. The number of halogens is 1. The first-order chi connectivity index (χ1) is 5.27. The Labute approximate surface area is 68.4 Å². The third-order valence-electron chi connectivity index (χ3n) is 1.03. The molecule has 0 saturated heterocycles. The lowest BCUT2D eigenvalue weighted by Crippen LogP contribution is -1.92. The van der Waals surface area contributed by atoms with Gasteiger partial charge in [-0.25, -0.2) is 9.97 Å². The largest absolute Gasteiger partial charge is 0.492 e. The van der Waals surface area contributed by atoms with Crippen LogP contribution in [0.15, 0.2) is 6.20 Å². The summed E-state index contributed by atoms with van der Waals surface area (Å²) in [6, 6.07) is 1.76. The first-order valence-corrected chi connectivity index (χ1v) is 3.12. The maximum Gasteiger partial charge on any atom is 0.233 e. The van der Waals surface area contributed by atoms with Gasteiger partial charge in [0.2, 0.25) is 5.82 Å². The summed E-state index contributed by atoms with van der Waals surface area (Å²) >= 11 is 5.58. The van der Waals surface area contributed by atoms with Gasteiger partial charge in [-0.2, -0.15) is 5.26 Å². The molecule has 11 heavy (non-hydrogen) atoms. The summed E-state index contributed by atoms with van der Waals surface area (Å²) in [6.45, 7) is 0. The normalized spacial score (nSPS) is 8.82. The summed E-state index contributed by atoms with van der Waals surface area (Å²) in [5.41, 5.74) is 0. The minimum Gasteiger partial charge on any atom is -0.492 e. The van der Waals surface area contributed by atoms with E-state index in [0.29, 0.717) is 5.75 Å². The number of ether oxygens (including phenoxy) is 1. The fraction of sp³-hybridized carbons (Fsp3) is 0.167. The van der Waals surface area contributed by atoms with Gasteiger partial charge in [0, 0.05) is 0 Å². The molecule has 0 radical (unpaired) electrons. The molecule has 0 aliphatic carbocycles. The van der Waals surface area contributed by atoms with Crippen molar-refractivity contribution in [1.29, 1.82) is 5.26 Å². The highest BCUT2D eigenvalue weighted by Gasteiger charge is 2.02. The molecule has 1 heterocycles. The molecule has 1 rings (SSSR count). The van der Waals surface area contributed by atoms with Crippen LogP contribution >= 0.6 is 11.6 Å². The number of nitriles is 1. The second-order valence-corrected chi connectivity index (χ2v) is 2.02. The number of nitrogens with zero attached hydrogens (tertiary/aromatic N) is 3. The van der Waals surface area contributed by atoms with Crippen LogP contribution in [0.25, 0.3) is 0 Å². The second kappa shape index (κ2) is 3.17. The van der Waals surface area contributed by atoms with Crippen molar-refractivity contribution in [2.24, 2.45) is 0 Å². The van der Waals surface area contributed by atoms with E-state index in [1.807, 2.05) is 0 Å². The third-order valence-corrected chi connectivity index (χ3v) is 1.30. The van der Waals surface area contributed by atoms with E-state index in [-0.39, 0.29) is 11.0 Å². The molecule has 0 aliphatic rings. The van der Waals surface area contributed by atoms with Crippen molar-refractivity contribution >= 4 is 11.6 Å². The summed E-state index contributed by atoms with van der Waals surface area (Å²) in [6.07, 6.45) is 1.36. The zero-order valence-corrected chi connectivity index (χ0v) is 6.46. The summed E-state index contributed by atoms with van der Waals surface area (Å²) < 4.78 is 4.78. The van der Waals surface area contributed by atoms with E-state index in [4.69, 9.17) is 21.6 Å². The molecule has 1 aromatic rings. The van der Waals surface area contributed by atoms with Crippen molar-refractivity contribution in [2.75, 3.05) is 7.11 Å². The standard InChI is InChI=1S/C6H4ClN3O/c1-11-4-3-9-5(2-8)10-6(4)7/h3H,1H3. The first-order valence-electron chi connectivity index (χ1n) is 2.74. The topological polar surface area (TPSA) is 58.8 Å². The van der Waals surface area contributed by atoms with E-state index in [0.717, 1.165) is 0 Å². The predicted octanol–water partition coefficient (Wildman–Crippen LogP) is 1.01. The van der Waals surface area contributed by atoms with Crippen molar-refractivity contribution in [1.82, 2.24) is 9.97 Å². The van der Waals surface area contributed by atoms with Crippen LogP contribution in [0.1, 0.15) is 5.82 Å². The van der Waals surface area contributed by atoms with Gasteiger partial charge in [-0.1, -0.05) is 11.6 Å². The van der Waals surface area contributed by atoms with Gasteiger partial charge in [0.05, 0.1) is 13.3 Å². The summed E-state index contributed by atoms with van der Waals surface area (Å²) in [5.74, 6) is 0.404. The van der Waals surface area contributed by atoms with Gasteiger partial charge < -0.3 is 4.74 Å². The monoisotopic (exact) mass is 169 g/mol. The molecule has 0 atom stereocenters. The molecule has 5 heteroatoms. The first kappa shape index (κ1) is 7.76. The Hall–Kier alpha value is -1.34. The Morgan fingerprint density at radius 3 is 2.91 bits per heavy atom.